The maximum absolute atomic E-state index is 14.8. The smallest absolute Gasteiger partial charge is 0.416 e. The van der Waals surface area contributed by atoms with Crippen LogP contribution in [0.15, 0.2) is 49.3 Å². The molecule has 1 saturated carbocycles. The number of hydrogen-bond acceptors (Lipinski definition) is 7. The van der Waals surface area contributed by atoms with E-state index in [4.69, 9.17) is 4.74 Å². The lowest BCUT2D eigenvalue weighted by molar-refractivity contribution is -0.138. The Hall–Kier alpha value is -4.72. The molecule has 4 heterocycles. The number of halogens is 3. The molecule has 2 aromatic carbocycles. The van der Waals surface area contributed by atoms with Crippen LogP contribution in [0, 0.1) is 11.3 Å². The normalized spacial score (nSPS) is 22.4. The molecule has 53 heavy (non-hydrogen) atoms. The molecule has 0 N–H and O–H groups in total. The van der Waals surface area contributed by atoms with Gasteiger partial charge in [-0.25, -0.2) is 4.79 Å². The van der Waals surface area contributed by atoms with Gasteiger partial charge in [0.1, 0.15) is 17.8 Å². The lowest BCUT2D eigenvalue weighted by Gasteiger charge is -2.47. The van der Waals surface area contributed by atoms with Gasteiger partial charge in [0.25, 0.3) is 5.91 Å². The summed E-state index contributed by atoms with van der Waals surface area (Å²) < 4.78 is 51.8. The van der Waals surface area contributed by atoms with Gasteiger partial charge < -0.3 is 19.1 Å². The molecular weight excluding hydrogens is 687 g/mol. The topological polar surface area (TPSA) is 104 Å². The fraction of sp³-hybridized carbons (Fsp3) is 0.513. The van der Waals surface area contributed by atoms with E-state index in [9.17, 15) is 27.6 Å². The van der Waals surface area contributed by atoms with E-state index in [1.165, 1.54) is 21.9 Å². The maximum Gasteiger partial charge on any atom is 0.416 e. The minimum Gasteiger partial charge on any atom is -0.443 e. The largest absolute Gasteiger partial charge is 0.443 e. The molecule has 1 spiro atoms. The number of benzene rings is 2. The number of likely N-dealkylation sites (tertiary alicyclic amines) is 2. The SMILES string of the molecule is C=CC(=O)N1CC2(CCN(Cc3cc4c(c(C(F)(F)F)c3)CN(c3cc(N(C)C(=O)OC(C)(C)C)cc(C5(c6nncn6C)CC(C)C5)c3)C4=O)C2)C1. The van der Waals surface area contributed by atoms with Crippen molar-refractivity contribution in [3.63, 3.8) is 0 Å². The predicted octanol–water partition coefficient (Wildman–Crippen LogP) is 6.30. The van der Waals surface area contributed by atoms with Crippen LogP contribution in [0.4, 0.5) is 29.3 Å². The number of aryl methyl sites for hydroxylation is 1. The van der Waals surface area contributed by atoms with E-state index in [1.54, 1.807) is 51.2 Å². The summed E-state index contributed by atoms with van der Waals surface area (Å²) in [7, 11) is 3.44. The summed E-state index contributed by atoms with van der Waals surface area (Å²) in [6.45, 7) is 13.5. The highest BCUT2D eigenvalue weighted by Gasteiger charge is 2.50. The van der Waals surface area contributed by atoms with Crippen LogP contribution in [-0.4, -0.2) is 81.3 Å². The molecule has 282 valence electrons. The Labute approximate surface area is 307 Å². The summed E-state index contributed by atoms with van der Waals surface area (Å²) in [6.07, 6.45) is -0.0825. The molecule has 0 bridgehead atoms. The third-order valence-corrected chi connectivity index (χ3v) is 11.2. The number of fused-ring (bicyclic) bond motifs is 1. The summed E-state index contributed by atoms with van der Waals surface area (Å²) in [5.74, 6) is 0.423. The van der Waals surface area contributed by atoms with Crippen LogP contribution < -0.4 is 9.80 Å². The van der Waals surface area contributed by atoms with E-state index in [1.807, 2.05) is 23.7 Å². The van der Waals surface area contributed by atoms with Crippen molar-refractivity contribution in [1.29, 1.82) is 0 Å². The minimum absolute atomic E-state index is 0.0165. The van der Waals surface area contributed by atoms with Gasteiger partial charge in [-0.05, 0) is 106 Å². The Morgan fingerprint density at radius 2 is 1.81 bits per heavy atom. The van der Waals surface area contributed by atoms with Crippen molar-refractivity contribution in [2.24, 2.45) is 18.4 Å². The van der Waals surface area contributed by atoms with Crippen molar-refractivity contribution in [1.82, 2.24) is 24.6 Å². The van der Waals surface area contributed by atoms with Crippen LogP contribution in [0.5, 0.6) is 0 Å². The zero-order valence-corrected chi connectivity index (χ0v) is 31.1. The van der Waals surface area contributed by atoms with Crippen molar-refractivity contribution in [2.75, 3.05) is 43.0 Å². The van der Waals surface area contributed by atoms with Crippen LogP contribution in [0.1, 0.15) is 85.4 Å². The summed E-state index contributed by atoms with van der Waals surface area (Å²) in [6, 6.07) is 8.14. The number of nitrogens with zero attached hydrogens (tertiary/aromatic N) is 7. The predicted molar refractivity (Wildman–Crippen MR) is 192 cm³/mol. The van der Waals surface area contributed by atoms with Gasteiger partial charge >= 0.3 is 12.3 Å². The second kappa shape index (κ2) is 12.7. The molecule has 11 nitrogen and oxygen atoms in total. The van der Waals surface area contributed by atoms with Crippen molar-refractivity contribution >= 4 is 29.3 Å². The first-order valence-electron chi connectivity index (χ1n) is 18.0. The first-order chi connectivity index (χ1) is 24.8. The Morgan fingerprint density at radius 3 is 2.42 bits per heavy atom. The van der Waals surface area contributed by atoms with Crippen LogP contribution >= 0.6 is 0 Å². The number of rotatable bonds is 7. The molecule has 3 aliphatic heterocycles. The third-order valence-electron chi connectivity index (χ3n) is 11.2. The van der Waals surface area contributed by atoms with Crippen LogP contribution in [0.2, 0.25) is 0 Å². The average molecular weight is 734 g/mol. The molecular formula is C39H46F3N7O4. The van der Waals surface area contributed by atoms with Crippen molar-refractivity contribution in [3.8, 4) is 0 Å². The Morgan fingerprint density at radius 1 is 1.09 bits per heavy atom. The quantitative estimate of drug-likeness (QED) is 0.263. The van der Waals surface area contributed by atoms with Crippen LogP contribution in [-0.2, 0) is 41.3 Å². The summed E-state index contributed by atoms with van der Waals surface area (Å²) in [4.78, 5) is 46.2. The van der Waals surface area contributed by atoms with Crippen molar-refractivity contribution in [2.45, 2.75) is 77.2 Å². The fourth-order valence-electron chi connectivity index (χ4n) is 8.80. The van der Waals surface area contributed by atoms with Crippen LogP contribution in [0.3, 0.4) is 0 Å². The second-order valence-electron chi connectivity index (χ2n) is 16.6. The summed E-state index contributed by atoms with van der Waals surface area (Å²) >= 11 is 0. The van der Waals surface area contributed by atoms with Gasteiger partial charge in [-0.2, -0.15) is 13.2 Å². The van der Waals surface area contributed by atoms with E-state index in [0.29, 0.717) is 49.0 Å². The Kier molecular flexibility index (Phi) is 8.78. The summed E-state index contributed by atoms with van der Waals surface area (Å²) in [5.41, 5.74) is -0.336. The van der Waals surface area contributed by atoms with E-state index < -0.39 is 34.8 Å². The molecule has 0 unspecified atom stereocenters. The number of amides is 3. The number of hydrogen-bond donors (Lipinski definition) is 0. The molecule has 3 aromatic rings. The van der Waals surface area contributed by atoms with Crippen LogP contribution in [0.25, 0.3) is 0 Å². The van der Waals surface area contributed by atoms with Gasteiger partial charge in [0.2, 0.25) is 5.91 Å². The first-order valence-corrected chi connectivity index (χ1v) is 18.0. The number of alkyl halides is 3. The van der Waals surface area contributed by atoms with Gasteiger partial charge in [-0.1, -0.05) is 13.5 Å². The molecule has 4 aliphatic rings. The fourth-order valence-corrected chi connectivity index (χ4v) is 8.80. The van der Waals surface area contributed by atoms with E-state index in [-0.39, 0.29) is 35.5 Å². The number of carbonyl (C=O) groups excluding carboxylic acids is 3. The Bertz CT molecular complexity index is 1990. The van der Waals surface area contributed by atoms with E-state index >= 15 is 0 Å². The molecule has 2 saturated heterocycles. The highest BCUT2D eigenvalue weighted by Crippen LogP contribution is 2.53. The van der Waals surface area contributed by atoms with Crippen molar-refractivity contribution < 1.29 is 32.3 Å². The number of aromatic nitrogens is 3. The van der Waals surface area contributed by atoms with E-state index in [0.717, 1.165) is 30.7 Å². The average Bonchev–Trinajstić information content (AvgIpc) is 3.77. The van der Waals surface area contributed by atoms with Gasteiger partial charge in [0, 0.05) is 62.6 Å². The summed E-state index contributed by atoms with van der Waals surface area (Å²) in [5, 5.41) is 8.58. The van der Waals surface area contributed by atoms with Gasteiger partial charge in [0.15, 0.2) is 0 Å². The molecule has 1 aliphatic carbocycles. The molecule has 14 heteroatoms. The maximum atomic E-state index is 14.8. The highest BCUT2D eigenvalue weighted by molar-refractivity contribution is 6.11. The van der Waals surface area contributed by atoms with Gasteiger partial charge in [-0.15, -0.1) is 10.2 Å². The minimum atomic E-state index is -4.69. The zero-order valence-electron chi connectivity index (χ0n) is 31.1. The number of carbonyl (C=O) groups is 3. The lowest BCUT2D eigenvalue weighted by Crippen LogP contribution is -2.59. The van der Waals surface area contributed by atoms with Gasteiger partial charge in [-0.3, -0.25) is 19.4 Å². The number of anilines is 2. The second-order valence-corrected chi connectivity index (χ2v) is 16.6. The lowest BCUT2D eigenvalue weighted by atomic mass is 9.58. The van der Waals surface area contributed by atoms with Crippen molar-refractivity contribution in [3.05, 3.63) is 83.0 Å². The standard InChI is InChI=1S/C39H46F3N7O4/c1-8-32(50)48-21-37(22-48)9-10-47(20-37)18-25-11-29-30(31(12-25)39(40,41)42)19-49(33(29)51)28-14-26(13-27(15-28)46(7)35(52)53-36(3,4)5)38(16-24(2)17-38)34-44-43-23-45(34)6/h8,11-15,23-24H,1,9-10,16-22H2,2-7H3. The molecule has 0 atom stereocenters. The molecule has 0 radical (unpaired) electrons. The van der Waals surface area contributed by atoms with E-state index in [2.05, 4.69) is 28.6 Å². The van der Waals surface area contributed by atoms with Gasteiger partial charge in [0.05, 0.1) is 17.5 Å². The molecule has 3 amide bonds. The number of ether oxygens (including phenoxy) is 1. The zero-order chi connectivity index (χ0) is 38.2. The molecule has 1 aromatic heterocycles. The molecule has 7 rings (SSSR count). The monoisotopic (exact) mass is 733 g/mol. The molecule has 3 fully saturated rings. The Balaban J connectivity index is 1.24. The third kappa shape index (κ3) is 6.59. The highest BCUT2D eigenvalue weighted by atomic mass is 19.4. The first kappa shape index (κ1) is 36.6.